The van der Waals surface area contributed by atoms with Gasteiger partial charge in [-0.1, -0.05) is 0 Å². The highest BCUT2D eigenvalue weighted by Gasteiger charge is 2.16. The number of hydrogen-bond acceptors (Lipinski definition) is 5. The van der Waals surface area contributed by atoms with Crippen LogP contribution in [0, 0.1) is 6.92 Å². The van der Waals surface area contributed by atoms with E-state index in [1.807, 2.05) is 13.0 Å². The lowest BCUT2D eigenvalue weighted by molar-refractivity contribution is 0.0512. The molecular formula is C12H14N4O2. The number of carbonyl (C=O) groups excluding carboxylic acids is 1. The van der Waals surface area contributed by atoms with Crippen LogP contribution in [0.3, 0.4) is 0 Å². The van der Waals surface area contributed by atoms with E-state index in [-0.39, 0.29) is 5.82 Å². The highest BCUT2D eigenvalue weighted by molar-refractivity contribution is 5.85. The van der Waals surface area contributed by atoms with Crippen molar-refractivity contribution in [3.63, 3.8) is 0 Å². The first-order chi connectivity index (χ1) is 8.61. The van der Waals surface area contributed by atoms with Crippen LogP contribution >= 0.6 is 0 Å². The Hall–Kier alpha value is -2.24. The predicted octanol–water partition coefficient (Wildman–Crippen LogP) is 1.36. The van der Waals surface area contributed by atoms with Crippen molar-refractivity contribution in [3.8, 4) is 11.4 Å². The van der Waals surface area contributed by atoms with E-state index in [1.54, 1.807) is 31.0 Å². The predicted molar refractivity (Wildman–Crippen MR) is 64.9 cm³/mol. The molecule has 0 amide bonds. The topological polar surface area (TPSA) is 69.9 Å². The quantitative estimate of drug-likeness (QED) is 0.765. The van der Waals surface area contributed by atoms with E-state index in [0.29, 0.717) is 12.4 Å². The molecule has 18 heavy (non-hydrogen) atoms. The molecule has 2 rings (SSSR count). The van der Waals surface area contributed by atoms with Gasteiger partial charge in [-0.05, 0) is 25.5 Å². The lowest BCUT2D eigenvalue weighted by atomic mass is 10.2. The number of aryl methyl sites for hydroxylation is 2. The van der Waals surface area contributed by atoms with Crippen molar-refractivity contribution in [2.75, 3.05) is 6.61 Å². The fraction of sp³-hybridized carbons (Fsp3) is 0.333. The minimum Gasteiger partial charge on any atom is -0.460 e. The van der Waals surface area contributed by atoms with E-state index in [0.717, 1.165) is 11.1 Å². The first-order valence-corrected chi connectivity index (χ1v) is 5.62. The number of pyridine rings is 1. The van der Waals surface area contributed by atoms with Crippen LogP contribution in [0.5, 0.6) is 0 Å². The Kier molecular flexibility index (Phi) is 3.36. The van der Waals surface area contributed by atoms with Crippen LogP contribution < -0.4 is 0 Å². The van der Waals surface area contributed by atoms with Crippen molar-refractivity contribution in [1.29, 1.82) is 0 Å². The monoisotopic (exact) mass is 246 g/mol. The van der Waals surface area contributed by atoms with Gasteiger partial charge in [0, 0.05) is 25.0 Å². The van der Waals surface area contributed by atoms with Crippen LogP contribution in [0.4, 0.5) is 0 Å². The summed E-state index contributed by atoms with van der Waals surface area (Å²) in [4.78, 5) is 19.8. The molecule has 0 saturated heterocycles. The van der Waals surface area contributed by atoms with Crippen molar-refractivity contribution in [2.24, 2.45) is 7.05 Å². The molecule has 0 bridgehead atoms. The Labute approximate surface area is 105 Å². The molecule has 6 heteroatoms. The van der Waals surface area contributed by atoms with E-state index in [2.05, 4.69) is 15.1 Å². The molecule has 0 unspecified atom stereocenters. The largest absolute Gasteiger partial charge is 0.460 e. The first-order valence-electron chi connectivity index (χ1n) is 5.62. The Morgan fingerprint density at radius 2 is 2.22 bits per heavy atom. The van der Waals surface area contributed by atoms with Gasteiger partial charge >= 0.3 is 5.97 Å². The van der Waals surface area contributed by atoms with Crippen LogP contribution in [0.1, 0.15) is 23.1 Å². The van der Waals surface area contributed by atoms with Crippen molar-refractivity contribution >= 4 is 5.97 Å². The van der Waals surface area contributed by atoms with Crippen molar-refractivity contribution in [2.45, 2.75) is 13.8 Å². The molecule has 6 nitrogen and oxygen atoms in total. The maximum absolute atomic E-state index is 11.5. The Balaban J connectivity index is 2.38. The van der Waals surface area contributed by atoms with Crippen LogP contribution in [0.15, 0.2) is 18.5 Å². The Morgan fingerprint density at radius 3 is 2.89 bits per heavy atom. The second kappa shape index (κ2) is 4.95. The minimum atomic E-state index is -0.514. The number of aromatic nitrogens is 4. The van der Waals surface area contributed by atoms with Gasteiger partial charge in [0.05, 0.1) is 6.61 Å². The maximum atomic E-state index is 11.5. The summed E-state index contributed by atoms with van der Waals surface area (Å²) in [5.41, 5.74) is 1.84. The second-order valence-corrected chi connectivity index (χ2v) is 3.85. The van der Waals surface area contributed by atoms with E-state index < -0.39 is 5.97 Å². The zero-order valence-corrected chi connectivity index (χ0v) is 10.5. The van der Waals surface area contributed by atoms with Crippen LogP contribution in [-0.2, 0) is 11.8 Å². The molecule has 0 aliphatic carbocycles. The zero-order chi connectivity index (χ0) is 13.1. The smallest absolute Gasteiger partial charge is 0.378 e. The molecule has 0 aromatic carbocycles. The van der Waals surface area contributed by atoms with Crippen LogP contribution in [0.25, 0.3) is 11.4 Å². The minimum absolute atomic E-state index is 0.0656. The number of nitrogens with zero attached hydrogens (tertiary/aromatic N) is 4. The molecule has 0 N–H and O–H groups in total. The average molecular weight is 246 g/mol. The third kappa shape index (κ3) is 2.37. The fourth-order valence-corrected chi connectivity index (χ4v) is 1.60. The highest BCUT2D eigenvalue weighted by Crippen LogP contribution is 2.16. The van der Waals surface area contributed by atoms with Gasteiger partial charge in [0.25, 0.3) is 5.82 Å². The number of rotatable bonds is 3. The molecule has 0 saturated carbocycles. The summed E-state index contributed by atoms with van der Waals surface area (Å²) in [6.45, 7) is 3.99. The van der Waals surface area contributed by atoms with Crippen LogP contribution in [0.2, 0.25) is 0 Å². The van der Waals surface area contributed by atoms with Gasteiger partial charge in [0.2, 0.25) is 0 Å². The van der Waals surface area contributed by atoms with E-state index in [4.69, 9.17) is 4.74 Å². The number of carbonyl (C=O) groups is 1. The molecule has 0 atom stereocenters. The Bertz CT molecular complexity index is 577. The summed E-state index contributed by atoms with van der Waals surface area (Å²) in [6, 6.07) is 1.94. The van der Waals surface area contributed by atoms with Gasteiger partial charge in [0.15, 0.2) is 5.82 Å². The number of ether oxygens (including phenoxy) is 1. The fourth-order valence-electron chi connectivity index (χ4n) is 1.60. The molecule has 0 aliphatic rings. The van der Waals surface area contributed by atoms with E-state index in [9.17, 15) is 4.79 Å². The SMILES string of the molecule is CCOC(=O)c1nc(-c2cncc(C)c2)n(C)n1. The zero-order valence-electron chi connectivity index (χ0n) is 10.5. The summed E-state index contributed by atoms with van der Waals surface area (Å²) >= 11 is 0. The van der Waals surface area contributed by atoms with Gasteiger partial charge in [-0.3, -0.25) is 4.98 Å². The van der Waals surface area contributed by atoms with Crippen LogP contribution in [-0.4, -0.2) is 32.3 Å². The van der Waals surface area contributed by atoms with Gasteiger partial charge < -0.3 is 4.74 Å². The highest BCUT2D eigenvalue weighted by atomic mass is 16.5. The lowest BCUT2D eigenvalue weighted by Gasteiger charge is -1.99. The summed E-state index contributed by atoms with van der Waals surface area (Å²) in [6.07, 6.45) is 3.44. The van der Waals surface area contributed by atoms with Gasteiger partial charge in [-0.15, -0.1) is 5.10 Å². The molecular weight excluding hydrogens is 232 g/mol. The molecule has 0 radical (unpaired) electrons. The number of esters is 1. The molecule has 2 heterocycles. The molecule has 2 aromatic rings. The molecule has 0 fully saturated rings. The molecule has 0 aliphatic heterocycles. The Morgan fingerprint density at radius 1 is 1.44 bits per heavy atom. The lowest BCUT2D eigenvalue weighted by Crippen LogP contribution is -2.07. The third-order valence-electron chi connectivity index (χ3n) is 2.35. The third-order valence-corrected chi connectivity index (χ3v) is 2.35. The molecule has 2 aromatic heterocycles. The van der Waals surface area contributed by atoms with Gasteiger partial charge in [0.1, 0.15) is 0 Å². The molecule has 0 spiro atoms. The average Bonchev–Trinajstić information content (AvgIpc) is 2.72. The standard InChI is InChI=1S/C12H14N4O2/c1-4-18-12(17)10-14-11(16(3)15-10)9-5-8(2)6-13-7-9/h5-7H,4H2,1-3H3. The van der Waals surface area contributed by atoms with Crippen molar-refractivity contribution in [1.82, 2.24) is 19.7 Å². The summed E-state index contributed by atoms with van der Waals surface area (Å²) in [5, 5.41) is 4.04. The molecule has 94 valence electrons. The number of hydrogen-bond donors (Lipinski definition) is 0. The van der Waals surface area contributed by atoms with E-state index >= 15 is 0 Å². The summed E-state index contributed by atoms with van der Waals surface area (Å²) < 4.78 is 6.41. The van der Waals surface area contributed by atoms with E-state index in [1.165, 1.54) is 0 Å². The van der Waals surface area contributed by atoms with Gasteiger partial charge in [-0.2, -0.15) is 0 Å². The maximum Gasteiger partial charge on any atom is 0.378 e. The normalized spacial score (nSPS) is 10.4. The van der Waals surface area contributed by atoms with Crippen molar-refractivity contribution < 1.29 is 9.53 Å². The van der Waals surface area contributed by atoms with Crippen molar-refractivity contribution in [3.05, 3.63) is 29.8 Å². The first kappa shape index (κ1) is 12.2. The summed E-state index contributed by atoms with van der Waals surface area (Å²) in [5.74, 6) is 0.144. The summed E-state index contributed by atoms with van der Waals surface area (Å²) in [7, 11) is 1.73. The second-order valence-electron chi connectivity index (χ2n) is 3.85. The van der Waals surface area contributed by atoms with Gasteiger partial charge in [-0.25, -0.2) is 14.5 Å².